The van der Waals surface area contributed by atoms with Gasteiger partial charge in [0.1, 0.15) is 5.41 Å². The summed E-state index contributed by atoms with van der Waals surface area (Å²) in [5.74, 6) is 1.38. The number of methoxy groups -OCH3 is 3. The van der Waals surface area contributed by atoms with Crippen molar-refractivity contribution >= 4 is 11.8 Å². The van der Waals surface area contributed by atoms with E-state index < -0.39 is 5.41 Å². The third-order valence-electron chi connectivity index (χ3n) is 5.49. The van der Waals surface area contributed by atoms with E-state index in [0.717, 1.165) is 31.7 Å². The summed E-state index contributed by atoms with van der Waals surface area (Å²) in [6, 6.07) is 1.86. The first-order valence-electron chi connectivity index (χ1n) is 8.74. The van der Waals surface area contributed by atoms with Gasteiger partial charge in [-0.2, -0.15) is 0 Å². The Kier molecular flexibility index (Phi) is 6.46. The number of nitrogens with zero attached hydrogens (tertiary/aromatic N) is 2. The summed E-state index contributed by atoms with van der Waals surface area (Å²) < 4.78 is 21.3. The lowest BCUT2D eigenvalue weighted by molar-refractivity contribution is -0.149. The monoisotopic (exact) mass is 354 g/mol. The summed E-state index contributed by atoms with van der Waals surface area (Å²) in [6.45, 7) is 7.47. The summed E-state index contributed by atoms with van der Waals surface area (Å²) in [7, 11) is 4.74. The van der Waals surface area contributed by atoms with Crippen molar-refractivity contribution in [2.75, 3.05) is 39.3 Å². The van der Waals surface area contributed by atoms with E-state index >= 15 is 0 Å². The summed E-state index contributed by atoms with van der Waals surface area (Å²) >= 11 is 0. The molecule has 142 valence electrons. The van der Waals surface area contributed by atoms with E-state index in [2.05, 4.69) is 10.1 Å². The van der Waals surface area contributed by atoms with Crippen molar-refractivity contribution in [2.24, 2.45) is 11.8 Å². The minimum Gasteiger partial charge on any atom is -0.468 e. The van der Waals surface area contributed by atoms with Crippen molar-refractivity contribution in [3.8, 4) is 0 Å². The highest BCUT2D eigenvalue weighted by molar-refractivity contribution is 5.82. The molecule has 2 rings (SSSR count). The van der Waals surface area contributed by atoms with Gasteiger partial charge in [0.25, 0.3) is 0 Å². The van der Waals surface area contributed by atoms with Gasteiger partial charge in [-0.05, 0) is 25.7 Å². The van der Waals surface area contributed by atoms with Crippen LogP contribution in [-0.4, -0.2) is 51.8 Å². The van der Waals surface area contributed by atoms with E-state index in [1.54, 1.807) is 14.2 Å². The molecule has 1 unspecified atom stereocenters. The maximum Gasteiger partial charge on any atom is 0.319 e. The zero-order valence-corrected chi connectivity index (χ0v) is 16.1. The Morgan fingerprint density at radius 3 is 2.36 bits per heavy atom. The van der Waals surface area contributed by atoms with Crippen LogP contribution < -0.4 is 4.90 Å². The van der Waals surface area contributed by atoms with E-state index in [4.69, 9.17) is 18.7 Å². The van der Waals surface area contributed by atoms with Crippen LogP contribution in [0.15, 0.2) is 10.6 Å². The lowest BCUT2D eigenvalue weighted by Gasteiger charge is -2.34. The highest BCUT2D eigenvalue weighted by Gasteiger charge is 2.44. The highest BCUT2D eigenvalue weighted by atomic mass is 16.7. The number of hydrogen-bond donors (Lipinski definition) is 0. The van der Waals surface area contributed by atoms with Crippen molar-refractivity contribution in [1.29, 1.82) is 0 Å². The molecule has 0 radical (unpaired) electrons. The molecule has 0 N–H and O–H groups in total. The molecule has 0 aliphatic carbocycles. The van der Waals surface area contributed by atoms with Gasteiger partial charge in [-0.25, -0.2) is 0 Å². The van der Waals surface area contributed by atoms with Crippen LogP contribution in [-0.2, 0) is 24.4 Å². The highest BCUT2D eigenvalue weighted by Crippen LogP contribution is 2.36. The summed E-state index contributed by atoms with van der Waals surface area (Å²) in [5.41, 5.74) is -0.852. The third-order valence-corrected chi connectivity index (χ3v) is 5.49. The Hall–Kier alpha value is -1.60. The quantitative estimate of drug-likeness (QED) is 0.550. The van der Waals surface area contributed by atoms with Crippen molar-refractivity contribution in [1.82, 2.24) is 5.16 Å². The fraction of sp³-hybridized carbons (Fsp3) is 0.778. The Bertz CT molecular complexity index is 562. The van der Waals surface area contributed by atoms with Gasteiger partial charge in [0.05, 0.1) is 7.11 Å². The van der Waals surface area contributed by atoms with Crippen LogP contribution in [0.2, 0.25) is 0 Å². The van der Waals surface area contributed by atoms with E-state index in [-0.39, 0.29) is 18.2 Å². The standard InChI is InChI=1S/C18H30N2O5/c1-12(2)18(3,17(21)24-6)14-11-15(19-25-14)20-9-7-13(8-10-20)16(22-4)23-5/h11-13,16H,7-10H2,1-6H3. The summed E-state index contributed by atoms with van der Waals surface area (Å²) in [5, 5.41) is 4.20. The van der Waals surface area contributed by atoms with Crippen LogP contribution in [0.1, 0.15) is 39.4 Å². The van der Waals surface area contributed by atoms with Crippen molar-refractivity contribution < 1.29 is 23.5 Å². The molecule has 7 nitrogen and oxygen atoms in total. The predicted molar refractivity (Wildman–Crippen MR) is 93.5 cm³/mol. The number of ether oxygens (including phenoxy) is 3. The number of carbonyl (C=O) groups excluding carboxylic acids is 1. The first-order chi connectivity index (χ1) is 11.9. The average Bonchev–Trinajstić information content (AvgIpc) is 3.12. The number of aromatic nitrogens is 1. The molecule has 25 heavy (non-hydrogen) atoms. The Labute approximate surface area is 149 Å². The Morgan fingerprint density at radius 2 is 1.88 bits per heavy atom. The zero-order valence-electron chi connectivity index (χ0n) is 16.1. The topological polar surface area (TPSA) is 74.0 Å². The van der Waals surface area contributed by atoms with Crippen LogP contribution in [0, 0.1) is 11.8 Å². The second-order valence-corrected chi connectivity index (χ2v) is 7.06. The first-order valence-corrected chi connectivity index (χ1v) is 8.74. The molecule has 2 heterocycles. The second-order valence-electron chi connectivity index (χ2n) is 7.06. The number of anilines is 1. The van der Waals surface area contributed by atoms with Crippen LogP contribution in [0.4, 0.5) is 5.82 Å². The van der Waals surface area contributed by atoms with Crippen molar-refractivity contribution in [3.05, 3.63) is 11.8 Å². The molecular weight excluding hydrogens is 324 g/mol. The predicted octanol–water partition coefficient (Wildman–Crippen LogP) is 2.60. The minimum absolute atomic E-state index is 0.0238. The molecule has 1 aliphatic rings. The molecule has 0 amide bonds. The molecule has 1 aliphatic heterocycles. The number of piperidine rings is 1. The fourth-order valence-electron chi connectivity index (χ4n) is 3.37. The van der Waals surface area contributed by atoms with Gasteiger partial charge in [-0.3, -0.25) is 4.79 Å². The molecule has 0 spiro atoms. The lowest BCUT2D eigenvalue weighted by Crippen LogP contribution is -2.39. The molecule has 7 heteroatoms. The molecule has 0 bridgehead atoms. The molecule has 1 aromatic rings. The Morgan fingerprint density at radius 1 is 1.28 bits per heavy atom. The number of esters is 1. The fourth-order valence-corrected chi connectivity index (χ4v) is 3.37. The van der Waals surface area contributed by atoms with Gasteiger partial charge in [0.15, 0.2) is 17.9 Å². The lowest BCUT2D eigenvalue weighted by atomic mass is 9.77. The molecule has 1 saturated heterocycles. The van der Waals surface area contributed by atoms with Gasteiger partial charge in [-0.1, -0.05) is 19.0 Å². The van der Waals surface area contributed by atoms with Gasteiger partial charge >= 0.3 is 5.97 Å². The third kappa shape index (κ3) is 3.82. The largest absolute Gasteiger partial charge is 0.468 e. The molecule has 1 atom stereocenters. The SMILES string of the molecule is COC(=O)C(C)(c1cc(N2CCC(C(OC)OC)CC2)no1)C(C)C. The summed E-state index contributed by atoms with van der Waals surface area (Å²) in [4.78, 5) is 14.5. The van der Waals surface area contributed by atoms with Crippen molar-refractivity contribution in [2.45, 2.75) is 45.3 Å². The first kappa shape index (κ1) is 19.7. The van der Waals surface area contributed by atoms with Gasteiger partial charge < -0.3 is 23.6 Å². The molecule has 1 aromatic heterocycles. The Balaban J connectivity index is 2.10. The minimum atomic E-state index is -0.852. The molecular formula is C18H30N2O5. The smallest absolute Gasteiger partial charge is 0.319 e. The molecule has 0 aromatic carbocycles. The van der Waals surface area contributed by atoms with E-state index in [1.165, 1.54) is 7.11 Å². The number of carbonyl (C=O) groups is 1. The normalized spacial score (nSPS) is 18.6. The average molecular weight is 354 g/mol. The molecule has 0 saturated carbocycles. The van der Waals surface area contributed by atoms with Gasteiger partial charge in [0.2, 0.25) is 0 Å². The van der Waals surface area contributed by atoms with E-state index in [1.807, 2.05) is 26.8 Å². The van der Waals surface area contributed by atoms with Crippen LogP contribution in [0.25, 0.3) is 0 Å². The van der Waals surface area contributed by atoms with Gasteiger partial charge in [0, 0.05) is 39.3 Å². The van der Waals surface area contributed by atoms with E-state index in [0.29, 0.717) is 11.7 Å². The van der Waals surface area contributed by atoms with Crippen LogP contribution in [0.5, 0.6) is 0 Å². The van der Waals surface area contributed by atoms with Gasteiger partial charge in [-0.15, -0.1) is 0 Å². The molecule has 1 fully saturated rings. The maximum absolute atomic E-state index is 12.3. The zero-order chi connectivity index (χ0) is 18.6. The van der Waals surface area contributed by atoms with Crippen LogP contribution >= 0.6 is 0 Å². The van der Waals surface area contributed by atoms with E-state index in [9.17, 15) is 4.79 Å². The van der Waals surface area contributed by atoms with Crippen molar-refractivity contribution in [3.63, 3.8) is 0 Å². The summed E-state index contributed by atoms with van der Waals surface area (Å²) in [6.07, 6.45) is 1.73. The second kappa shape index (κ2) is 8.19. The van der Waals surface area contributed by atoms with Crippen LogP contribution in [0.3, 0.4) is 0 Å². The maximum atomic E-state index is 12.3. The number of rotatable bonds is 7. The number of hydrogen-bond acceptors (Lipinski definition) is 7.